The molecule has 14 heavy (non-hydrogen) atoms. The summed E-state index contributed by atoms with van der Waals surface area (Å²) in [4.78, 5) is 4.20. The summed E-state index contributed by atoms with van der Waals surface area (Å²) < 4.78 is 0. The molecule has 0 amide bonds. The number of hydrogen-bond acceptors (Lipinski definition) is 4. The van der Waals surface area contributed by atoms with Crippen molar-refractivity contribution in [2.75, 3.05) is 12.3 Å². The van der Waals surface area contributed by atoms with Crippen LogP contribution < -0.4 is 5.73 Å². The lowest BCUT2D eigenvalue weighted by Crippen LogP contribution is -2.01. The number of nitrogens with two attached hydrogens (primary N) is 1. The van der Waals surface area contributed by atoms with Gasteiger partial charge in [-0.25, -0.2) is 4.98 Å². The van der Waals surface area contributed by atoms with Gasteiger partial charge in [0.05, 0.1) is 5.69 Å². The standard InChI is InChI=1S/C10H16N2OS/c1-8(5-6-13)14-7-9-3-2-4-10(11)12-9/h2-4,8,13H,5-7H2,1H3,(H2,11,12). The van der Waals surface area contributed by atoms with E-state index in [0.29, 0.717) is 11.1 Å². The first-order chi connectivity index (χ1) is 6.72. The number of pyridine rings is 1. The maximum Gasteiger partial charge on any atom is 0.123 e. The molecule has 1 heterocycles. The van der Waals surface area contributed by atoms with E-state index in [2.05, 4.69) is 11.9 Å². The van der Waals surface area contributed by atoms with E-state index in [1.165, 1.54) is 0 Å². The third-order valence-corrected chi connectivity index (χ3v) is 3.15. The van der Waals surface area contributed by atoms with E-state index in [1.54, 1.807) is 17.8 Å². The SMILES string of the molecule is CC(CCO)SCc1cccc(N)n1. The van der Waals surface area contributed by atoms with Crippen molar-refractivity contribution in [1.82, 2.24) is 4.98 Å². The summed E-state index contributed by atoms with van der Waals surface area (Å²) in [6.45, 7) is 2.35. The van der Waals surface area contributed by atoms with Crippen LogP contribution in [0.2, 0.25) is 0 Å². The molecule has 0 aromatic carbocycles. The molecule has 0 fully saturated rings. The van der Waals surface area contributed by atoms with Crippen LogP contribution in [0.15, 0.2) is 18.2 Å². The van der Waals surface area contributed by atoms with Gasteiger partial charge in [0, 0.05) is 17.6 Å². The number of aliphatic hydroxyl groups is 1. The van der Waals surface area contributed by atoms with Crippen LogP contribution in [0.4, 0.5) is 5.82 Å². The van der Waals surface area contributed by atoms with E-state index in [-0.39, 0.29) is 6.61 Å². The molecule has 78 valence electrons. The number of anilines is 1. The van der Waals surface area contributed by atoms with E-state index in [1.807, 2.05) is 12.1 Å². The van der Waals surface area contributed by atoms with Crippen molar-refractivity contribution < 1.29 is 5.11 Å². The third kappa shape index (κ3) is 3.98. The maximum absolute atomic E-state index is 8.73. The smallest absolute Gasteiger partial charge is 0.123 e. The number of rotatable bonds is 5. The van der Waals surface area contributed by atoms with Crippen LogP contribution in [0.5, 0.6) is 0 Å². The molecule has 3 nitrogen and oxygen atoms in total. The normalized spacial score (nSPS) is 12.7. The first-order valence-electron chi connectivity index (χ1n) is 4.66. The van der Waals surface area contributed by atoms with E-state index >= 15 is 0 Å². The van der Waals surface area contributed by atoms with Crippen LogP contribution in [-0.4, -0.2) is 21.9 Å². The fourth-order valence-corrected chi connectivity index (χ4v) is 1.96. The maximum atomic E-state index is 8.73. The number of thioether (sulfide) groups is 1. The predicted molar refractivity (Wildman–Crippen MR) is 61.1 cm³/mol. The molecular formula is C10H16N2OS. The zero-order valence-electron chi connectivity index (χ0n) is 8.31. The summed E-state index contributed by atoms with van der Waals surface area (Å²) in [5.41, 5.74) is 6.56. The molecular weight excluding hydrogens is 196 g/mol. The fourth-order valence-electron chi connectivity index (χ4n) is 1.07. The number of nitrogens with zero attached hydrogens (tertiary/aromatic N) is 1. The Balaban J connectivity index is 2.37. The first kappa shape index (κ1) is 11.3. The van der Waals surface area contributed by atoms with Crippen molar-refractivity contribution >= 4 is 17.6 Å². The summed E-state index contributed by atoms with van der Waals surface area (Å²) in [5, 5.41) is 9.19. The van der Waals surface area contributed by atoms with Gasteiger partial charge < -0.3 is 10.8 Å². The van der Waals surface area contributed by atoms with Crippen LogP contribution in [0.3, 0.4) is 0 Å². The molecule has 1 atom stereocenters. The van der Waals surface area contributed by atoms with Crippen molar-refractivity contribution in [3.63, 3.8) is 0 Å². The van der Waals surface area contributed by atoms with Gasteiger partial charge in [-0.3, -0.25) is 0 Å². The highest BCUT2D eigenvalue weighted by atomic mass is 32.2. The average molecular weight is 212 g/mol. The number of aliphatic hydroxyl groups excluding tert-OH is 1. The Bertz CT molecular complexity index is 281. The lowest BCUT2D eigenvalue weighted by atomic mass is 10.3. The Morgan fingerprint density at radius 1 is 1.57 bits per heavy atom. The van der Waals surface area contributed by atoms with Gasteiger partial charge in [-0.2, -0.15) is 11.8 Å². The summed E-state index contributed by atoms with van der Waals surface area (Å²) in [6.07, 6.45) is 0.826. The van der Waals surface area contributed by atoms with Gasteiger partial charge >= 0.3 is 0 Å². The highest BCUT2D eigenvalue weighted by Crippen LogP contribution is 2.18. The Hall–Kier alpha value is -0.740. The van der Waals surface area contributed by atoms with Gasteiger partial charge in [0.15, 0.2) is 0 Å². The average Bonchev–Trinajstić information content (AvgIpc) is 2.15. The number of nitrogen functional groups attached to an aromatic ring is 1. The molecule has 1 rings (SSSR count). The Kier molecular flexibility index (Phi) is 4.76. The molecule has 1 unspecified atom stereocenters. The molecule has 3 N–H and O–H groups in total. The lowest BCUT2D eigenvalue weighted by Gasteiger charge is -2.08. The highest BCUT2D eigenvalue weighted by Gasteiger charge is 2.02. The molecule has 1 aromatic rings. The van der Waals surface area contributed by atoms with Crippen LogP contribution >= 0.6 is 11.8 Å². The third-order valence-electron chi connectivity index (χ3n) is 1.88. The molecule has 0 saturated heterocycles. The van der Waals surface area contributed by atoms with Crippen LogP contribution in [0.25, 0.3) is 0 Å². The van der Waals surface area contributed by atoms with Gasteiger partial charge in [0.1, 0.15) is 5.82 Å². The minimum absolute atomic E-state index is 0.249. The quantitative estimate of drug-likeness (QED) is 0.779. The summed E-state index contributed by atoms with van der Waals surface area (Å²) in [5.74, 6) is 1.42. The number of aromatic nitrogens is 1. The Morgan fingerprint density at radius 2 is 2.36 bits per heavy atom. The molecule has 0 aliphatic rings. The fraction of sp³-hybridized carbons (Fsp3) is 0.500. The largest absolute Gasteiger partial charge is 0.396 e. The predicted octanol–water partition coefficient (Wildman–Crippen LogP) is 1.67. The van der Waals surface area contributed by atoms with Crippen LogP contribution in [0.1, 0.15) is 19.0 Å². The molecule has 0 bridgehead atoms. The Morgan fingerprint density at radius 3 is 3.00 bits per heavy atom. The second-order valence-electron chi connectivity index (χ2n) is 3.19. The van der Waals surface area contributed by atoms with Gasteiger partial charge in [-0.1, -0.05) is 13.0 Å². The second kappa shape index (κ2) is 5.88. The summed E-state index contributed by atoms with van der Waals surface area (Å²) in [7, 11) is 0. The van der Waals surface area contributed by atoms with Crippen molar-refractivity contribution in [2.45, 2.75) is 24.3 Å². The zero-order chi connectivity index (χ0) is 10.4. The number of hydrogen-bond donors (Lipinski definition) is 2. The lowest BCUT2D eigenvalue weighted by molar-refractivity contribution is 0.289. The van der Waals surface area contributed by atoms with Gasteiger partial charge in [-0.05, 0) is 18.6 Å². The van der Waals surface area contributed by atoms with Crippen molar-refractivity contribution in [3.8, 4) is 0 Å². The van der Waals surface area contributed by atoms with Gasteiger partial charge in [0.25, 0.3) is 0 Å². The molecule has 0 aliphatic heterocycles. The van der Waals surface area contributed by atoms with Gasteiger partial charge in [-0.15, -0.1) is 0 Å². The van der Waals surface area contributed by atoms with Crippen molar-refractivity contribution in [1.29, 1.82) is 0 Å². The second-order valence-corrected chi connectivity index (χ2v) is 4.61. The Labute approximate surface area is 88.7 Å². The van der Waals surface area contributed by atoms with E-state index in [0.717, 1.165) is 17.9 Å². The summed E-state index contributed by atoms with van der Waals surface area (Å²) in [6, 6.07) is 5.66. The summed E-state index contributed by atoms with van der Waals surface area (Å²) >= 11 is 1.78. The highest BCUT2D eigenvalue weighted by molar-refractivity contribution is 7.99. The zero-order valence-corrected chi connectivity index (χ0v) is 9.13. The minimum Gasteiger partial charge on any atom is -0.396 e. The molecule has 0 saturated carbocycles. The van der Waals surface area contributed by atoms with Gasteiger partial charge in [0.2, 0.25) is 0 Å². The van der Waals surface area contributed by atoms with E-state index in [4.69, 9.17) is 10.8 Å². The van der Waals surface area contributed by atoms with Crippen molar-refractivity contribution in [2.24, 2.45) is 0 Å². The first-order valence-corrected chi connectivity index (χ1v) is 5.71. The molecule has 0 radical (unpaired) electrons. The molecule has 1 aromatic heterocycles. The molecule has 4 heteroatoms. The monoisotopic (exact) mass is 212 g/mol. The molecule has 0 aliphatic carbocycles. The topological polar surface area (TPSA) is 59.1 Å². The van der Waals surface area contributed by atoms with Crippen molar-refractivity contribution in [3.05, 3.63) is 23.9 Å². The van der Waals surface area contributed by atoms with Crippen LogP contribution in [-0.2, 0) is 5.75 Å². The van der Waals surface area contributed by atoms with E-state index in [9.17, 15) is 0 Å². The molecule has 0 spiro atoms. The van der Waals surface area contributed by atoms with E-state index < -0.39 is 0 Å². The van der Waals surface area contributed by atoms with Crippen LogP contribution in [0, 0.1) is 0 Å². The minimum atomic E-state index is 0.249.